The predicted octanol–water partition coefficient (Wildman–Crippen LogP) is 3.35. The molecule has 1 fully saturated rings. The summed E-state index contributed by atoms with van der Waals surface area (Å²) in [7, 11) is 0. The zero-order valence-corrected chi connectivity index (χ0v) is 14.8. The summed E-state index contributed by atoms with van der Waals surface area (Å²) < 4.78 is 45.3. The van der Waals surface area contributed by atoms with Crippen LogP contribution in [0, 0.1) is 0 Å². The van der Waals surface area contributed by atoms with E-state index in [1.165, 1.54) is 0 Å². The van der Waals surface area contributed by atoms with E-state index in [0.717, 1.165) is 24.0 Å². The molecule has 6 nitrogen and oxygen atoms in total. The Balaban J connectivity index is 1.84. The van der Waals surface area contributed by atoms with Gasteiger partial charge < -0.3 is 9.64 Å². The van der Waals surface area contributed by atoms with Gasteiger partial charge in [-0.15, -0.1) is 10.2 Å². The van der Waals surface area contributed by atoms with Crippen LogP contribution in [0.3, 0.4) is 0 Å². The number of alkyl halides is 3. The van der Waals surface area contributed by atoms with E-state index in [9.17, 15) is 13.2 Å². The standard InChI is InChI=1S/C14H15ClF3N5OS/c1-2-23-12(22-3-5-24-6-4-22)20-21-13(23)25-11-10(15)7-9(8-19-11)14(16,17)18/h7-8H,2-6H2,1H3. The van der Waals surface area contributed by atoms with Crippen molar-refractivity contribution in [1.29, 1.82) is 0 Å². The molecule has 0 amide bonds. The highest BCUT2D eigenvalue weighted by Gasteiger charge is 2.32. The number of rotatable bonds is 4. The van der Waals surface area contributed by atoms with E-state index >= 15 is 0 Å². The number of halogens is 4. The predicted molar refractivity (Wildman–Crippen MR) is 87.1 cm³/mol. The number of nitrogens with zero attached hydrogens (tertiary/aromatic N) is 5. The number of morpholine rings is 1. The molecule has 1 saturated heterocycles. The van der Waals surface area contributed by atoms with Crippen molar-refractivity contribution < 1.29 is 17.9 Å². The molecule has 3 heterocycles. The Labute approximate surface area is 151 Å². The lowest BCUT2D eigenvalue weighted by Gasteiger charge is -2.27. The molecule has 0 spiro atoms. The van der Waals surface area contributed by atoms with Gasteiger partial charge in [-0.3, -0.25) is 4.57 Å². The van der Waals surface area contributed by atoms with Crippen LogP contribution in [-0.4, -0.2) is 46.1 Å². The van der Waals surface area contributed by atoms with Gasteiger partial charge in [0.25, 0.3) is 0 Å². The van der Waals surface area contributed by atoms with Gasteiger partial charge >= 0.3 is 6.18 Å². The molecule has 0 unspecified atom stereocenters. The molecule has 0 bridgehead atoms. The topological polar surface area (TPSA) is 56.1 Å². The monoisotopic (exact) mass is 393 g/mol. The lowest BCUT2D eigenvalue weighted by Crippen LogP contribution is -2.38. The van der Waals surface area contributed by atoms with Crippen molar-refractivity contribution in [3.05, 3.63) is 22.8 Å². The van der Waals surface area contributed by atoms with Crippen LogP contribution in [-0.2, 0) is 17.5 Å². The minimum Gasteiger partial charge on any atom is -0.378 e. The molecule has 2 aromatic heterocycles. The van der Waals surface area contributed by atoms with Crippen molar-refractivity contribution >= 4 is 29.3 Å². The Morgan fingerprint density at radius 3 is 2.60 bits per heavy atom. The smallest absolute Gasteiger partial charge is 0.378 e. The van der Waals surface area contributed by atoms with Crippen LogP contribution in [0.2, 0.25) is 5.02 Å². The SMILES string of the molecule is CCn1c(Sc2ncc(C(F)(F)F)cc2Cl)nnc1N1CCOCC1. The Kier molecular flexibility index (Phi) is 5.40. The lowest BCUT2D eigenvalue weighted by atomic mass is 10.3. The van der Waals surface area contributed by atoms with E-state index in [0.29, 0.717) is 44.0 Å². The fourth-order valence-corrected chi connectivity index (χ4v) is 3.49. The summed E-state index contributed by atoms with van der Waals surface area (Å²) in [5.74, 6) is 0.705. The van der Waals surface area contributed by atoms with Crippen LogP contribution >= 0.6 is 23.4 Å². The van der Waals surface area contributed by atoms with Crippen LogP contribution < -0.4 is 4.90 Å². The summed E-state index contributed by atoms with van der Waals surface area (Å²) >= 11 is 7.06. The van der Waals surface area contributed by atoms with Crippen molar-refractivity contribution in [2.45, 2.75) is 29.8 Å². The molecule has 11 heteroatoms. The van der Waals surface area contributed by atoms with Gasteiger partial charge in [0.1, 0.15) is 5.03 Å². The molecule has 0 aromatic carbocycles. The Bertz CT molecular complexity index is 749. The van der Waals surface area contributed by atoms with Crippen LogP contribution in [0.4, 0.5) is 19.1 Å². The van der Waals surface area contributed by atoms with E-state index in [1.807, 2.05) is 11.5 Å². The first-order chi connectivity index (χ1) is 11.9. The van der Waals surface area contributed by atoms with Crippen molar-refractivity contribution in [1.82, 2.24) is 19.7 Å². The van der Waals surface area contributed by atoms with Crippen LogP contribution in [0.25, 0.3) is 0 Å². The van der Waals surface area contributed by atoms with Crippen molar-refractivity contribution in [3.63, 3.8) is 0 Å². The van der Waals surface area contributed by atoms with Gasteiger partial charge in [-0.25, -0.2) is 4.98 Å². The fourth-order valence-electron chi connectivity index (χ4n) is 2.37. The first-order valence-corrected chi connectivity index (χ1v) is 8.76. The second-order valence-corrected chi connectivity index (χ2v) is 6.60. The van der Waals surface area contributed by atoms with E-state index < -0.39 is 11.7 Å². The van der Waals surface area contributed by atoms with Crippen LogP contribution in [0.1, 0.15) is 12.5 Å². The molecular formula is C14H15ClF3N5OS. The number of hydrogen-bond acceptors (Lipinski definition) is 6. The maximum absolute atomic E-state index is 12.7. The molecule has 1 aliphatic rings. The van der Waals surface area contributed by atoms with Gasteiger partial charge in [0.15, 0.2) is 5.16 Å². The molecular weight excluding hydrogens is 379 g/mol. The Morgan fingerprint density at radius 1 is 1.28 bits per heavy atom. The number of pyridine rings is 1. The van der Waals surface area contributed by atoms with Crippen LogP contribution in [0.5, 0.6) is 0 Å². The van der Waals surface area contributed by atoms with E-state index in [-0.39, 0.29) is 10.0 Å². The first-order valence-electron chi connectivity index (χ1n) is 7.56. The number of aromatic nitrogens is 4. The van der Waals surface area contributed by atoms with Crippen molar-refractivity contribution in [2.75, 3.05) is 31.2 Å². The van der Waals surface area contributed by atoms with Gasteiger partial charge in [-0.2, -0.15) is 13.2 Å². The second kappa shape index (κ2) is 7.38. The zero-order chi connectivity index (χ0) is 18.0. The molecule has 2 aromatic rings. The number of anilines is 1. The largest absolute Gasteiger partial charge is 0.417 e. The highest BCUT2D eigenvalue weighted by Crippen LogP contribution is 2.36. The zero-order valence-electron chi connectivity index (χ0n) is 13.3. The molecule has 25 heavy (non-hydrogen) atoms. The maximum atomic E-state index is 12.7. The normalized spacial score (nSPS) is 15.6. The number of ether oxygens (including phenoxy) is 1. The van der Waals surface area contributed by atoms with E-state index in [4.69, 9.17) is 16.3 Å². The second-order valence-electron chi connectivity index (χ2n) is 5.24. The van der Waals surface area contributed by atoms with E-state index in [2.05, 4.69) is 20.1 Å². The minimum absolute atomic E-state index is 0.0709. The van der Waals surface area contributed by atoms with Gasteiger partial charge in [0.05, 0.1) is 23.8 Å². The van der Waals surface area contributed by atoms with Crippen molar-refractivity contribution in [2.24, 2.45) is 0 Å². The summed E-state index contributed by atoms with van der Waals surface area (Å²) in [6, 6.07) is 0.867. The molecule has 136 valence electrons. The molecule has 0 radical (unpaired) electrons. The third-order valence-electron chi connectivity index (χ3n) is 3.63. The molecule has 1 aliphatic heterocycles. The van der Waals surface area contributed by atoms with Crippen molar-refractivity contribution in [3.8, 4) is 0 Å². The van der Waals surface area contributed by atoms with Gasteiger partial charge in [-0.05, 0) is 24.8 Å². The van der Waals surface area contributed by atoms with Crippen LogP contribution in [0.15, 0.2) is 22.4 Å². The first kappa shape index (κ1) is 18.3. The maximum Gasteiger partial charge on any atom is 0.417 e. The van der Waals surface area contributed by atoms with Gasteiger partial charge in [-0.1, -0.05) is 11.6 Å². The highest BCUT2D eigenvalue weighted by atomic mass is 35.5. The third-order valence-corrected chi connectivity index (χ3v) is 5.03. The minimum atomic E-state index is -4.48. The summed E-state index contributed by atoms with van der Waals surface area (Å²) in [6.45, 7) is 5.21. The Hall–Kier alpha value is -1.52. The summed E-state index contributed by atoms with van der Waals surface area (Å²) in [4.78, 5) is 5.89. The Morgan fingerprint density at radius 2 is 2.00 bits per heavy atom. The average molecular weight is 394 g/mol. The molecule has 0 atom stereocenters. The van der Waals surface area contributed by atoms with Gasteiger partial charge in [0.2, 0.25) is 5.95 Å². The fraction of sp³-hybridized carbons (Fsp3) is 0.500. The molecule has 0 saturated carbocycles. The molecule has 3 rings (SSSR count). The summed E-state index contributed by atoms with van der Waals surface area (Å²) in [5.41, 5.74) is -0.882. The lowest BCUT2D eigenvalue weighted by molar-refractivity contribution is -0.137. The average Bonchev–Trinajstić information content (AvgIpc) is 2.99. The quantitative estimate of drug-likeness (QED) is 0.794. The van der Waals surface area contributed by atoms with Gasteiger partial charge in [0, 0.05) is 25.8 Å². The number of hydrogen-bond donors (Lipinski definition) is 0. The summed E-state index contributed by atoms with van der Waals surface area (Å²) in [6.07, 6.45) is -3.71. The third kappa shape index (κ3) is 4.01. The molecule has 0 aliphatic carbocycles. The van der Waals surface area contributed by atoms with E-state index in [1.54, 1.807) is 0 Å². The summed E-state index contributed by atoms with van der Waals surface area (Å²) in [5, 5.41) is 9.06. The molecule has 0 N–H and O–H groups in total. The highest BCUT2D eigenvalue weighted by molar-refractivity contribution is 7.99.